The first-order valence-corrected chi connectivity index (χ1v) is 6.39. The minimum Gasteiger partial charge on any atom is -0.390 e. The second-order valence-corrected chi connectivity index (χ2v) is 5.30. The summed E-state index contributed by atoms with van der Waals surface area (Å²) in [5.41, 5.74) is -0.0391. The molecule has 0 bridgehead atoms. The predicted molar refractivity (Wildman–Crippen MR) is 71.9 cm³/mol. The Morgan fingerprint density at radius 1 is 1.39 bits per heavy atom. The van der Waals surface area contributed by atoms with Crippen LogP contribution >= 0.6 is 11.6 Å². The number of piperidine rings is 1. The maximum absolute atomic E-state index is 12.0. The van der Waals surface area contributed by atoms with Gasteiger partial charge in [0.25, 0.3) is 0 Å². The van der Waals surface area contributed by atoms with Gasteiger partial charge in [-0.3, -0.25) is 0 Å². The third-order valence-electron chi connectivity index (χ3n) is 3.24. The van der Waals surface area contributed by atoms with Crippen molar-refractivity contribution in [2.45, 2.75) is 25.4 Å². The molecule has 1 aromatic rings. The lowest BCUT2D eigenvalue weighted by atomic mass is 9.94. The van der Waals surface area contributed by atoms with Gasteiger partial charge in [0.15, 0.2) is 0 Å². The molecule has 1 saturated heterocycles. The smallest absolute Gasteiger partial charge is 0.321 e. The lowest BCUT2D eigenvalue weighted by molar-refractivity contribution is 0.00570. The molecular weight excluding hydrogens is 252 g/mol. The number of likely N-dealkylation sites (tertiary alicyclic amines) is 1. The van der Waals surface area contributed by atoms with Crippen LogP contribution in [0.3, 0.4) is 0 Å². The molecule has 4 nitrogen and oxygen atoms in total. The Balaban J connectivity index is 1.95. The summed E-state index contributed by atoms with van der Waals surface area (Å²) in [5, 5.41) is 13.1. The van der Waals surface area contributed by atoms with Crippen molar-refractivity contribution in [2.75, 3.05) is 18.4 Å². The van der Waals surface area contributed by atoms with Gasteiger partial charge in [-0.15, -0.1) is 0 Å². The first-order chi connectivity index (χ1) is 8.48. The first-order valence-electron chi connectivity index (χ1n) is 6.01. The monoisotopic (exact) mass is 268 g/mol. The quantitative estimate of drug-likeness (QED) is 0.823. The van der Waals surface area contributed by atoms with Gasteiger partial charge in [-0.05, 0) is 31.9 Å². The van der Waals surface area contributed by atoms with Gasteiger partial charge >= 0.3 is 6.03 Å². The van der Waals surface area contributed by atoms with Gasteiger partial charge < -0.3 is 15.3 Å². The number of rotatable bonds is 1. The molecule has 2 amide bonds. The summed E-state index contributed by atoms with van der Waals surface area (Å²) in [7, 11) is 0. The zero-order valence-electron chi connectivity index (χ0n) is 10.3. The van der Waals surface area contributed by atoms with E-state index in [4.69, 9.17) is 11.6 Å². The normalized spacial score (nSPS) is 18.5. The highest BCUT2D eigenvalue weighted by molar-refractivity contribution is 6.33. The maximum Gasteiger partial charge on any atom is 0.321 e. The molecule has 0 aromatic heterocycles. The molecule has 2 rings (SSSR count). The number of anilines is 1. The third-order valence-corrected chi connectivity index (χ3v) is 3.57. The van der Waals surface area contributed by atoms with Crippen LogP contribution in [-0.4, -0.2) is 34.7 Å². The number of aliphatic hydroxyl groups is 1. The van der Waals surface area contributed by atoms with E-state index in [0.717, 1.165) is 0 Å². The van der Waals surface area contributed by atoms with Gasteiger partial charge in [0.05, 0.1) is 16.3 Å². The van der Waals surface area contributed by atoms with Crippen LogP contribution in [0, 0.1) is 0 Å². The molecule has 0 atom stereocenters. The summed E-state index contributed by atoms with van der Waals surface area (Å²) in [6, 6.07) is 6.97. The SMILES string of the molecule is CC1(O)CCN(C(=O)Nc2ccccc2Cl)CC1. The molecule has 2 N–H and O–H groups in total. The van der Waals surface area contributed by atoms with Gasteiger partial charge in [-0.2, -0.15) is 0 Å². The number of halogens is 1. The van der Waals surface area contributed by atoms with Crippen molar-refractivity contribution in [2.24, 2.45) is 0 Å². The number of hydrogen-bond donors (Lipinski definition) is 2. The molecule has 98 valence electrons. The molecule has 1 fully saturated rings. The molecule has 1 aliphatic heterocycles. The van der Waals surface area contributed by atoms with E-state index in [1.54, 1.807) is 24.0 Å². The predicted octanol–water partition coefficient (Wildman–Crippen LogP) is 2.72. The molecule has 0 saturated carbocycles. The summed E-state index contributed by atoms with van der Waals surface area (Å²) < 4.78 is 0. The van der Waals surface area contributed by atoms with Crippen molar-refractivity contribution < 1.29 is 9.90 Å². The summed E-state index contributed by atoms with van der Waals surface area (Å²) in [5.74, 6) is 0. The Labute approximate surface area is 112 Å². The standard InChI is InChI=1S/C13H17ClN2O2/c1-13(18)6-8-16(9-7-13)12(17)15-11-5-3-2-4-10(11)14/h2-5,18H,6-9H2,1H3,(H,15,17). The van der Waals surface area contributed by atoms with Crippen molar-refractivity contribution >= 4 is 23.3 Å². The number of carbonyl (C=O) groups excluding carboxylic acids is 1. The first kappa shape index (κ1) is 13.2. The zero-order chi connectivity index (χ0) is 13.2. The van der Waals surface area contributed by atoms with Crippen LogP contribution in [0.4, 0.5) is 10.5 Å². The minimum atomic E-state index is -0.652. The molecule has 5 heteroatoms. The summed E-state index contributed by atoms with van der Waals surface area (Å²) in [6.45, 7) is 2.92. The number of nitrogens with zero attached hydrogens (tertiary/aromatic N) is 1. The molecule has 18 heavy (non-hydrogen) atoms. The highest BCUT2D eigenvalue weighted by atomic mass is 35.5. The average Bonchev–Trinajstić information content (AvgIpc) is 2.32. The van der Waals surface area contributed by atoms with Crippen LogP contribution in [0.15, 0.2) is 24.3 Å². The second kappa shape index (κ2) is 5.16. The van der Waals surface area contributed by atoms with Gasteiger partial charge in [-0.25, -0.2) is 4.79 Å². The average molecular weight is 269 g/mol. The Bertz CT molecular complexity index is 438. The Kier molecular flexibility index (Phi) is 3.78. The molecule has 1 aromatic carbocycles. The maximum atomic E-state index is 12.0. The van der Waals surface area contributed by atoms with Crippen LogP contribution in [0.5, 0.6) is 0 Å². The van der Waals surface area contributed by atoms with Gasteiger partial charge in [-0.1, -0.05) is 23.7 Å². The molecule has 0 radical (unpaired) electrons. The van der Waals surface area contributed by atoms with Crippen molar-refractivity contribution in [3.8, 4) is 0 Å². The Hall–Kier alpha value is -1.26. The number of benzene rings is 1. The van der Waals surface area contributed by atoms with E-state index in [0.29, 0.717) is 36.6 Å². The van der Waals surface area contributed by atoms with Crippen LogP contribution in [0.25, 0.3) is 0 Å². The fourth-order valence-corrected chi connectivity index (χ4v) is 2.13. The molecular formula is C13H17ClN2O2. The molecule has 0 spiro atoms. The lowest BCUT2D eigenvalue weighted by Crippen LogP contribution is -2.46. The van der Waals surface area contributed by atoms with Crippen molar-refractivity contribution in [3.63, 3.8) is 0 Å². The van der Waals surface area contributed by atoms with Crippen LogP contribution in [0.2, 0.25) is 5.02 Å². The largest absolute Gasteiger partial charge is 0.390 e. The highest BCUT2D eigenvalue weighted by Crippen LogP contribution is 2.24. The molecule has 0 aliphatic carbocycles. The zero-order valence-corrected chi connectivity index (χ0v) is 11.1. The van der Waals surface area contributed by atoms with E-state index in [1.807, 2.05) is 12.1 Å². The fourth-order valence-electron chi connectivity index (χ4n) is 1.95. The molecule has 1 aliphatic rings. The van der Waals surface area contributed by atoms with Crippen LogP contribution in [-0.2, 0) is 0 Å². The molecule has 0 unspecified atom stereocenters. The summed E-state index contributed by atoms with van der Waals surface area (Å²) in [4.78, 5) is 13.7. The summed E-state index contributed by atoms with van der Waals surface area (Å²) >= 11 is 5.98. The number of para-hydroxylation sites is 1. The molecule has 1 heterocycles. The van der Waals surface area contributed by atoms with E-state index in [9.17, 15) is 9.90 Å². The Morgan fingerprint density at radius 2 is 2.00 bits per heavy atom. The minimum absolute atomic E-state index is 0.168. The highest BCUT2D eigenvalue weighted by Gasteiger charge is 2.29. The van der Waals surface area contributed by atoms with Gasteiger partial charge in [0, 0.05) is 13.1 Å². The number of hydrogen-bond acceptors (Lipinski definition) is 2. The van der Waals surface area contributed by atoms with Gasteiger partial charge in [0.1, 0.15) is 0 Å². The van der Waals surface area contributed by atoms with E-state index < -0.39 is 5.60 Å². The van der Waals surface area contributed by atoms with Crippen molar-refractivity contribution in [1.82, 2.24) is 4.90 Å². The number of amides is 2. The van der Waals surface area contributed by atoms with Crippen molar-refractivity contribution in [1.29, 1.82) is 0 Å². The Morgan fingerprint density at radius 3 is 2.61 bits per heavy atom. The number of urea groups is 1. The third kappa shape index (κ3) is 3.15. The lowest BCUT2D eigenvalue weighted by Gasteiger charge is -2.35. The van der Waals surface area contributed by atoms with Crippen LogP contribution in [0.1, 0.15) is 19.8 Å². The second-order valence-electron chi connectivity index (χ2n) is 4.89. The summed E-state index contributed by atoms with van der Waals surface area (Å²) in [6.07, 6.45) is 1.20. The van der Waals surface area contributed by atoms with E-state index in [-0.39, 0.29) is 6.03 Å². The van der Waals surface area contributed by atoms with E-state index in [2.05, 4.69) is 5.32 Å². The number of carbonyl (C=O) groups is 1. The number of nitrogens with one attached hydrogen (secondary N) is 1. The van der Waals surface area contributed by atoms with E-state index in [1.165, 1.54) is 0 Å². The van der Waals surface area contributed by atoms with Crippen LogP contribution < -0.4 is 5.32 Å². The van der Waals surface area contributed by atoms with Crippen molar-refractivity contribution in [3.05, 3.63) is 29.3 Å². The van der Waals surface area contributed by atoms with E-state index >= 15 is 0 Å². The topological polar surface area (TPSA) is 52.6 Å². The van der Waals surface area contributed by atoms with Gasteiger partial charge in [0.2, 0.25) is 0 Å². The fraction of sp³-hybridized carbons (Fsp3) is 0.462.